The molecule has 0 saturated heterocycles. The number of rotatable bonds is 2. The van der Waals surface area contributed by atoms with E-state index < -0.39 is 5.91 Å². The summed E-state index contributed by atoms with van der Waals surface area (Å²) in [5, 5.41) is 8.01. The van der Waals surface area contributed by atoms with E-state index in [9.17, 15) is 9.59 Å². The second-order valence-electron chi connectivity index (χ2n) is 6.65. The zero-order valence-corrected chi connectivity index (χ0v) is 14.2. The molecule has 122 valence electrons. The lowest BCUT2D eigenvalue weighted by Crippen LogP contribution is -2.21. The SMILES string of the molecule is CC1(C)CNc2cc(NC(=O)c3c[nH]c4ccsc4c3=O)ccc21. The molecule has 1 amide bonds. The van der Waals surface area contributed by atoms with Crippen molar-refractivity contribution in [1.82, 2.24) is 4.98 Å². The summed E-state index contributed by atoms with van der Waals surface area (Å²) in [7, 11) is 0. The van der Waals surface area contributed by atoms with Crippen LogP contribution in [0.15, 0.2) is 40.6 Å². The van der Waals surface area contributed by atoms with Crippen molar-refractivity contribution in [3.8, 4) is 0 Å². The highest BCUT2D eigenvalue weighted by atomic mass is 32.1. The lowest BCUT2D eigenvalue weighted by molar-refractivity contribution is 0.102. The minimum absolute atomic E-state index is 0.0826. The van der Waals surface area contributed by atoms with E-state index in [-0.39, 0.29) is 16.4 Å². The van der Waals surface area contributed by atoms with Crippen LogP contribution in [0.25, 0.3) is 10.2 Å². The first-order valence-corrected chi connectivity index (χ1v) is 8.62. The van der Waals surface area contributed by atoms with E-state index in [0.717, 1.165) is 17.7 Å². The molecular formula is C18H17N3O2S. The minimum atomic E-state index is -0.399. The zero-order valence-electron chi connectivity index (χ0n) is 13.4. The maximum absolute atomic E-state index is 12.5. The molecule has 0 aliphatic carbocycles. The molecule has 0 spiro atoms. The van der Waals surface area contributed by atoms with Gasteiger partial charge in [-0.25, -0.2) is 0 Å². The first-order valence-electron chi connectivity index (χ1n) is 7.74. The van der Waals surface area contributed by atoms with Crippen LogP contribution in [0.3, 0.4) is 0 Å². The molecule has 1 aliphatic heterocycles. The smallest absolute Gasteiger partial charge is 0.261 e. The lowest BCUT2D eigenvalue weighted by Gasteiger charge is -2.17. The molecule has 1 aliphatic rings. The maximum Gasteiger partial charge on any atom is 0.261 e. The van der Waals surface area contributed by atoms with Crippen LogP contribution in [0.1, 0.15) is 29.8 Å². The molecule has 2 aromatic heterocycles. The largest absolute Gasteiger partial charge is 0.384 e. The molecule has 0 fully saturated rings. The quantitative estimate of drug-likeness (QED) is 0.668. The Kier molecular flexibility index (Phi) is 3.25. The van der Waals surface area contributed by atoms with Crippen LogP contribution in [0, 0.1) is 0 Å². The first-order chi connectivity index (χ1) is 11.5. The topological polar surface area (TPSA) is 74.0 Å². The molecule has 3 aromatic rings. The van der Waals surface area contributed by atoms with Crippen LogP contribution in [-0.4, -0.2) is 17.4 Å². The van der Waals surface area contributed by atoms with E-state index in [1.54, 1.807) is 0 Å². The summed E-state index contributed by atoms with van der Waals surface area (Å²) in [5.41, 5.74) is 3.66. The Hall–Kier alpha value is -2.60. The molecular weight excluding hydrogens is 322 g/mol. The maximum atomic E-state index is 12.5. The number of hydrogen-bond donors (Lipinski definition) is 3. The van der Waals surface area contributed by atoms with Crippen LogP contribution < -0.4 is 16.1 Å². The van der Waals surface area contributed by atoms with Gasteiger partial charge < -0.3 is 15.6 Å². The number of fused-ring (bicyclic) bond motifs is 2. The van der Waals surface area contributed by atoms with E-state index in [1.165, 1.54) is 23.1 Å². The fraction of sp³-hybridized carbons (Fsp3) is 0.222. The number of H-pyrrole nitrogens is 1. The number of carbonyl (C=O) groups is 1. The molecule has 24 heavy (non-hydrogen) atoms. The van der Waals surface area contributed by atoms with Gasteiger partial charge in [-0.05, 0) is 29.1 Å². The third-order valence-corrected chi connectivity index (χ3v) is 5.37. The molecule has 6 heteroatoms. The number of anilines is 2. The Morgan fingerprint density at radius 1 is 1.29 bits per heavy atom. The summed E-state index contributed by atoms with van der Waals surface area (Å²) in [6.07, 6.45) is 1.47. The van der Waals surface area contributed by atoms with Gasteiger partial charge in [-0.15, -0.1) is 11.3 Å². The Morgan fingerprint density at radius 3 is 2.96 bits per heavy atom. The molecule has 0 bridgehead atoms. The monoisotopic (exact) mass is 339 g/mol. The standard InChI is InChI=1S/C18H17N3O2S/c1-18(2)9-20-14-7-10(3-4-12(14)18)21-17(23)11-8-19-13-5-6-24-16(13)15(11)22/h3-8,20H,9H2,1-2H3,(H,19,22)(H,21,23). The molecule has 0 radical (unpaired) electrons. The van der Waals surface area contributed by atoms with Crippen LogP contribution in [0.5, 0.6) is 0 Å². The van der Waals surface area contributed by atoms with Crippen LogP contribution in [0.4, 0.5) is 11.4 Å². The number of benzene rings is 1. The first kappa shape index (κ1) is 15.0. The Bertz CT molecular complexity index is 1020. The molecule has 0 saturated carbocycles. The number of hydrogen-bond acceptors (Lipinski definition) is 4. The van der Waals surface area contributed by atoms with E-state index in [4.69, 9.17) is 0 Å². The van der Waals surface area contributed by atoms with Gasteiger partial charge in [0.15, 0.2) is 0 Å². The highest BCUT2D eigenvalue weighted by molar-refractivity contribution is 7.17. The predicted molar refractivity (Wildman–Crippen MR) is 98.4 cm³/mol. The normalized spacial score (nSPS) is 15.1. The van der Waals surface area contributed by atoms with Crippen LogP contribution in [-0.2, 0) is 5.41 Å². The predicted octanol–water partition coefficient (Wildman–Crippen LogP) is 3.55. The zero-order chi connectivity index (χ0) is 16.9. The second-order valence-corrected chi connectivity index (χ2v) is 7.56. The molecule has 3 N–H and O–H groups in total. The number of aromatic amines is 1. The molecule has 0 unspecified atom stereocenters. The number of carbonyl (C=O) groups excluding carboxylic acids is 1. The molecule has 0 atom stereocenters. The van der Waals surface area contributed by atoms with Crippen molar-refractivity contribution in [2.45, 2.75) is 19.3 Å². The van der Waals surface area contributed by atoms with E-state index in [1.807, 2.05) is 29.6 Å². The summed E-state index contributed by atoms with van der Waals surface area (Å²) in [5.74, 6) is -0.399. The third kappa shape index (κ3) is 2.30. The number of amides is 1. The van der Waals surface area contributed by atoms with Gasteiger partial charge in [0, 0.05) is 29.5 Å². The van der Waals surface area contributed by atoms with Crippen molar-refractivity contribution in [3.63, 3.8) is 0 Å². The summed E-state index contributed by atoms with van der Waals surface area (Å²) >= 11 is 1.33. The molecule has 1 aromatic carbocycles. The van der Waals surface area contributed by atoms with Gasteiger partial charge >= 0.3 is 0 Å². The van der Waals surface area contributed by atoms with Crippen LogP contribution in [0.2, 0.25) is 0 Å². The van der Waals surface area contributed by atoms with Crippen molar-refractivity contribution < 1.29 is 4.79 Å². The molecule has 4 rings (SSSR count). The fourth-order valence-corrected chi connectivity index (χ4v) is 3.88. The average molecular weight is 339 g/mol. The second kappa shape index (κ2) is 5.21. The average Bonchev–Trinajstić information content (AvgIpc) is 3.13. The number of thiophene rings is 1. The number of nitrogens with one attached hydrogen (secondary N) is 3. The number of pyridine rings is 1. The highest BCUT2D eigenvalue weighted by Gasteiger charge is 2.29. The Morgan fingerprint density at radius 2 is 2.12 bits per heavy atom. The van der Waals surface area contributed by atoms with Crippen LogP contribution >= 0.6 is 11.3 Å². The van der Waals surface area contributed by atoms with Crippen molar-refractivity contribution in [1.29, 1.82) is 0 Å². The Balaban J connectivity index is 1.64. The highest BCUT2D eigenvalue weighted by Crippen LogP contribution is 2.37. The fourth-order valence-electron chi connectivity index (χ4n) is 3.07. The summed E-state index contributed by atoms with van der Waals surface area (Å²) in [4.78, 5) is 27.9. The van der Waals surface area contributed by atoms with Gasteiger partial charge in [0.05, 0.1) is 10.2 Å². The van der Waals surface area contributed by atoms with Gasteiger partial charge in [-0.3, -0.25) is 9.59 Å². The molecule has 5 nitrogen and oxygen atoms in total. The minimum Gasteiger partial charge on any atom is -0.384 e. The number of aromatic nitrogens is 1. The summed E-state index contributed by atoms with van der Waals surface area (Å²) in [6, 6.07) is 7.65. The summed E-state index contributed by atoms with van der Waals surface area (Å²) in [6.45, 7) is 5.23. The molecule has 3 heterocycles. The van der Waals surface area contributed by atoms with E-state index in [2.05, 4.69) is 29.5 Å². The Labute approximate surface area is 142 Å². The van der Waals surface area contributed by atoms with E-state index >= 15 is 0 Å². The van der Waals surface area contributed by atoms with Crippen molar-refractivity contribution in [2.24, 2.45) is 0 Å². The van der Waals surface area contributed by atoms with Gasteiger partial charge in [-0.2, -0.15) is 0 Å². The van der Waals surface area contributed by atoms with Gasteiger partial charge in [0.1, 0.15) is 5.56 Å². The van der Waals surface area contributed by atoms with Crippen molar-refractivity contribution >= 4 is 38.8 Å². The third-order valence-electron chi connectivity index (χ3n) is 4.46. The van der Waals surface area contributed by atoms with Crippen molar-refractivity contribution in [2.75, 3.05) is 17.2 Å². The van der Waals surface area contributed by atoms with Gasteiger partial charge in [0.2, 0.25) is 5.43 Å². The lowest BCUT2D eigenvalue weighted by atomic mass is 9.87. The van der Waals surface area contributed by atoms with Gasteiger partial charge in [-0.1, -0.05) is 19.9 Å². The van der Waals surface area contributed by atoms with E-state index in [0.29, 0.717) is 10.4 Å². The van der Waals surface area contributed by atoms with Crippen molar-refractivity contribution in [3.05, 3.63) is 57.2 Å². The summed E-state index contributed by atoms with van der Waals surface area (Å²) < 4.78 is 0.569. The van der Waals surface area contributed by atoms with Gasteiger partial charge in [0.25, 0.3) is 5.91 Å².